The second-order valence-electron chi connectivity index (χ2n) is 7.07. The maximum absolute atomic E-state index is 11.2. The molecule has 0 aromatic heterocycles. The maximum Gasteiger partial charge on any atom is 0.270 e. The summed E-state index contributed by atoms with van der Waals surface area (Å²) in [6.45, 7) is 0. The van der Waals surface area contributed by atoms with Crippen molar-refractivity contribution in [2.75, 3.05) is 11.5 Å². The van der Waals surface area contributed by atoms with Gasteiger partial charge in [0.25, 0.3) is 11.4 Å². The summed E-state index contributed by atoms with van der Waals surface area (Å²) in [5.74, 6) is 2.33. The van der Waals surface area contributed by atoms with Gasteiger partial charge in [0.15, 0.2) is 5.78 Å². The van der Waals surface area contributed by atoms with Crippen LogP contribution in [0.15, 0.2) is 36.4 Å². The average molecular weight is 431 g/mol. The molecule has 7 nitrogen and oxygen atoms in total. The van der Waals surface area contributed by atoms with E-state index in [1.165, 1.54) is 23.3 Å². The Morgan fingerprint density at radius 3 is 2.10 bits per heavy atom. The molecule has 1 spiro atoms. The van der Waals surface area contributed by atoms with Gasteiger partial charge >= 0.3 is 0 Å². The van der Waals surface area contributed by atoms with Crippen LogP contribution in [-0.2, 0) is 16.9 Å². The first-order valence-electron chi connectivity index (χ1n) is 9.26. The number of benzene rings is 2. The molecule has 0 unspecified atom stereocenters. The van der Waals surface area contributed by atoms with Crippen LogP contribution in [-0.4, -0.2) is 27.1 Å². The van der Waals surface area contributed by atoms with Crippen LogP contribution >= 0.6 is 23.5 Å². The third kappa shape index (κ3) is 3.76. The molecule has 9 heteroatoms. The van der Waals surface area contributed by atoms with Crippen LogP contribution in [0.4, 0.5) is 11.4 Å². The van der Waals surface area contributed by atoms with E-state index in [0.29, 0.717) is 18.4 Å². The van der Waals surface area contributed by atoms with Gasteiger partial charge in [0.2, 0.25) is 0 Å². The van der Waals surface area contributed by atoms with Crippen molar-refractivity contribution in [1.29, 1.82) is 0 Å². The summed E-state index contributed by atoms with van der Waals surface area (Å²) in [5, 5.41) is 21.2. The number of carbonyl (C=O) groups excluding carboxylic acids is 1. The standard InChI is InChI=1S/C11H11NO2S2.C9H7NO3/c13-12(14)9-2-1-8-3-4-11(10(8)7-9)15-5-6-16-11;11-9-4-2-6-1-3-7(10(12)13)5-8(6)9/h1-2,7H,3-6H2;1,3,5H,2,4H2. The Bertz CT molecular complexity index is 1020. The van der Waals surface area contributed by atoms with Gasteiger partial charge in [0.05, 0.1) is 13.9 Å². The number of nitro benzene ring substituents is 2. The highest BCUT2D eigenvalue weighted by Crippen LogP contribution is 2.59. The molecule has 29 heavy (non-hydrogen) atoms. The Kier molecular flexibility index (Phi) is 5.35. The van der Waals surface area contributed by atoms with Gasteiger partial charge < -0.3 is 0 Å². The molecule has 2 aromatic carbocycles. The predicted molar refractivity (Wildman–Crippen MR) is 114 cm³/mol. The zero-order valence-electron chi connectivity index (χ0n) is 15.5. The maximum atomic E-state index is 11.2. The number of nitro groups is 2. The van der Waals surface area contributed by atoms with Gasteiger partial charge in [-0.1, -0.05) is 12.1 Å². The molecule has 1 saturated heterocycles. The molecule has 1 heterocycles. The van der Waals surface area contributed by atoms with Crippen molar-refractivity contribution in [1.82, 2.24) is 0 Å². The number of thioether (sulfide) groups is 2. The fourth-order valence-corrected chi connectivity index (χ4v) is 7.32. The van der Waals surface area contributed by atoms with Crippen LogP contribution < -0.4 is 0 Å². The van der Waals surface area contributed by atoms with Gasteiger partial charge in [0, 0.05) is 47.8 Å². The largest absolute Gasteiger partial charge is 0.294 e. The molecule has 2 aliphatic carbocycles. The first kappa shape index (κ1) is 19.9. The van der Waals surface area contributed by atoms with E-state index < -0.39 is 4.92 Å². The Morgan fingerprint density at radius 1 is 0.828 bits per heavy atom. The lowest BCUT2D eigenvalue weighted by molar-refractivity contribution is -0.385. The number of aryl methyl sites for hydroxylation is 2. The fraction of sp³-hybridized carbons (Fsp3) is 0.350. The van der Waals surface area contributed by atoms with E-state index in [4.69, 9.17) is 0 Å². The van der Waals surface area contributed by atoms with Crippen LogP contribution in [0.3, 0.4) is 0 Å². The van der Waals surface area contributed by atoms with Crippen molar-refractivity contribution in [2.45, 2.75) is 29.8 Å². The third-order valence-corrected chi connectivity index (χ3v) is 8.98. The molecule has 1 fully saturated rings. The number of carbonyl (C=O) groups is 1. The van der Waals surface area contributed by atoms with Gasteiger partial charge in [-0.3, -0.25) is 25.0 Å². The SMILES string of the molecule is O=C1CCc2ccc([N+](=O)[O-])cc21.O=[N+]([O-])c1ccc2c(c1)C1(CC2)SCCS1. The van der Waals surface area contributed by atoms with E-state index in [2.05, 4.69) is 0 Å². The van der Waals surface area contributed by atoms with Crippen LogP contribution in [0.25, 0.3) is 0 Å². The van der Waals surface area contributed by atoms with Crippen LogP contribution in [0, 0.1) is 20.2 Å². The Hall–Kier alpha value is -2.39. The van der Waals surface area contributed by atoms with E-state index in [1.54, 1.807) is 18.2 Å². The smallest absolute Gasteiger partial charge is 0.270 e. The number of ketones is 1. The lowest BCUT2D eigenvalue weighted by Crippen LogP contribution is -2.09. The topological polar surface area (TPSA) is 103 Å². The highest BCUT2D eigenvalue weighted by molar-refractivity contribution is 8.20. The molecule has 1 aliphatic heterocycles. The summed E-state index contributed by atoms with van der Waals surface area (Å²) < 4.78 is 0.126. The minimum atomic E-state index is -0.480. The van der Waals surface area contributed by atoms with E-state index in [9.17, 15) is 25.0 Å². The third-order valence-electron chi connectivity index (χ3n) is 5.42. The number of rotatable bonds is 2. The molecule has 150 valence electrons. The summed E-state index contributed by atoms with van der Waals surface area (Å²) in [4.78, 5) is 31.6. The van der Waals surface area contributed by atoms with Gasteiger partial charge in [0.1, 0.15) is 0 Å². The summed E-state index contributed by atoms with van der Waals surface area (Å²) in [5.41, 5.74) is 4.17. The number of hydrogen-bond acceptors (Lipinski definition) is 7. The molecule has 0 atom stereocenters. The number of fused-ring (bicyclic) bond motifs is 3. The van der Waals surface area contributed by atoms with E-state index >= 15 is 0 Å². The summed E-state index contributed by atoms with van der Waals surface area (Å²) in [7, 11) is 0. The molecule has 3 aliphatic rings. The molecular weight excluding hydrogens is 412 g/mol. The molecule has 0 saturated carbocycles. The molecule has 2 aromatic rings. The molecule has 0 radical (unpaired) electrons. The van der Waals surface area contributed by atoms with Gasteiger partial charge in [-0.05, 0) is 36.0 Å². The zero-order valence-corrected chi connectivity index (χ0v) is 17.1. The summed E-state index contributed by atoms with van der Waals surface area (Å²) in [6, 6.07) is 9.82. The first-order valence-corrected chi connectivity index (χ1v) is 11.2. The molecule has 0 amide bonds. The van der Waals surface area contributed by atoms with Crippen molar-refractivity contribution in [3.05, 3.63) is 78.9 Å². The van der Waals surface area contributed by atoms with Crippen molar-refractivity contribution in [3.8, 4) is 0 Å². The summed E-state index contributed by atoms with van der Waals surface area (Å²) in [6.07, 6.45) is 3.38. The highest BCUT2D eigenvalue weighted by atomic mass is 32.2. The van der Waals surface area contributed by atoms with Crippen LogP contribution in [0.5, 0.6) is 0 Å². The van der Waals surface area contributed by atoms with E-state index in [1.807, 2.05) is 29.6 Å². The minimum absolute atomic E-state index is 0.00556. The van der Waals surface area contributed by atoms with Crippen LogP contribution in [0.1, 0.15) is 39.9 Å². The van der Waals surface area contributed by atoms with Crippen LogP contribution in [0.2, 0.25) is 0 Å². The average Bonchev–Trinajstić information content (AvgIpc) is 3.43. The lowest BCUT2D eigenvalue weighted by atomic mass is 10.1. The van der Waals surface area contributed by atoms with Crippen molar-refractivity contribution >= 4 is 40.7 Å². The lowest BCUT2D eigenvalue weighted by Gasteiger charge is -2.21. The van der Waals surface area contributed by atoms with E-state index in [0.717, 1.165) is 29.9 Å². The highest BCUT2D eigenvalue weighted by Gasteiger charge is 2.43. The van der Waals surface area contributed by atoms with Gasteiger partial charge in [-0.15, -0.1) is 23.5 Å². The number of hydrogen-bond donors (Lipinski definition) is 0. The first-order chi connectivity index (χ1) is 13.9. The van der Waals surface area contributed by atoms with Gasteiger partial charge in [-0.2, -0.15) is 0 Å². The molecular formula is C20H18N2O5S2. The van der Waals surface area contributed by atoms with Gasteiger partial charge in [-0.25, -0.2) is 0 Å². The fourth-order valence-electron chi connectivity index (χ4n) is 3.98. The second-order valence-corrected chi connectivity index (χ2v) is 10.1. The van der Waals surface area contributed by atoms with Crippen molar-refractivity contribution in [2.24, 2.45) is 0 Å². The molecule has 5 rings (SSSR count). The zero-order chi connectivity index (χ0) is 20.6. The number of non-ortho nitro benzene ring substituents is 2. The Labute approximate surface area is 175 Å². The Morgan fingerprint density at radius 2 is 1.45 bits per heavy atom. The van der Waals surface area contributed by atoms with E-state index in [-0.39, 0.29) is 26.2 Å². The quantitative estimate of drug-likeness (QED) is 0.493. The molecule has 0 N–H and O–H groups in total. The number of nitrogens with zero attached hydrogens (tertiary/aromatic N) is 2. The summed E-state index contributed by atoms with van der Waals surface area (Å²) >= 11 is 3.91. The van der Waals surface area contributed by atoms with Crippen molar-refractivity contribution < 1.29 is 14.6 Å². The number of Topliss-reactive ketones (excluding diaryl/α,β-unsaturated/α-hetero) is 1. The minimum Gasteiger partial charge on any atom is -0.294 e. The predicted octanol–water partition coefficient (Wildman–Crippen LogP) is 4.90. The second kappa shape index (κ2) is 7.79. The Balaban J connectivity index is 0.000000145. The monoisotopic (exact) mass is 430 g/mol. The van der Waals surface area contributed by atoms with Crippen molar-refractivity contribution in [3.63, 3.8) is 0 Å². The molecule has 0 bridgehead atoms. The normalized spacial score (nSPS) is 18.1.